The largest absolute Gasteiger partial charge is 1.00 e. The number of likely N-dealkylation sites (N-methyl/N-ethyl adjacent to an activating group) is 1. The van der Waals surface area contributed by atoms with Crippen molar-refractivity contribution in [1.29, 1.82) is 0 Å². The zero-order valence-electron chi connectivity index (χ0n) is 10.2. The van der Waals surface area contributed by atoms with E-state index in [0.717, 1.165) is 11.0 Å². The number of hydrogen-bond donors (Lipinski definition) is 2. The second-order valence-electron chi connectivity index (χ2n) is 3.72. The van der Waals surface area contributed by atoms with Gasteiger partial charge in [0, 0.05) is 0 Å². The summed E-state index contributed by atoms with van der Waals surface area (Å²) < 4.78 is 29.4. The molecule has 0 atom stereocenters. The summed E-state index contributed by atoms with van der Waals surface area (Å²) in [6, 6.07) is 0. The zero-order valence-corrected chi connectivity index (χ0v) is 13.8. The van der Waals surface area contributed by atoms with Gasteiger partial charge in [0.15, 0.2) is 0 Å². The van der Waals surface area contributed by atoms with Gasteiger partial charge < -0.3 is 31.7 Å². The van der Waals surface area contributed by atoms with Gasteiger partial charge in [0.2, 0.25) is 0 Å². The molecule has 96 valence electrons. The summed E-state index contributed by atoms with van der Waals surface area (Å²) in [5.74, 6) is -0.688. The third kappa shape index (κ3) is 36.3. The minimum Gasteiger partial charge on any atom is -1.00 e. The molecule has 0 amide bonds. The molecule has 0 aliphatic rings. The Morgan fingerprint density at radius 3 is 1.50 bits per heavy atom. The normalized spacial score (nSPS) is 10.4. The maximum atomic E-state index is 9.52. The second kappa shape index (κ2) is 12.5. The monoisotopic (exact) mass is 287 g/mol. The van der Waals surface area contributed by atoms with Gasteiger partial charge in [-0.15, -0.1) is 0 Å². The summed E-state index contributed by atoms with van der Waals surface area (Å²) in [6.07, 6.45) is 0. The molecule has 0 aliphatic heterocycles. The van der Waals surface area contributed by atoms with E-state index in [1.807, 2.05) is 0 Å². The van der Waals surface area contributed by atoms with E-state index >= 15 is 0 Å². The number of quaternary nitrogens is 1. The molecule has 16 heavy (non-hydrogen) atoms. The number of hydrogen-bond acceptors (Lipinski definition) is 5. The van der Waals surface area contributed by atoms with E-state index in [1.54, 1.807) is 0 Å². The van der Waals surface area contributed by atoms with Crippen LogP contribution in [-0.2, 0) is 10.1 Å². The molecule has 0 radical (unpaired) electrons. The fraction of sp³-hybridized carbons (Fsp3) is 1.00. The first-order chi connectivity index (χ1) is 6.12. The van der Waals surface area contributed by atoms with Gasteiger partial charge in [0.05, 0.1) is 50.2 Å². The Balaban J connectivity index is -0.0000000800. The maximum Gasteiger partial charge on any atom is 1.00 e. The summed E-state index contributed by atoms with van der Waals surface area (Å²) in [6.45, 7) is 0.523. The third-order valence-corrected chi connectivity index (χ3v) is 1.79. The molecule has 2 N–H and O–H groups in total. The van der Waals surface area contributed by atoms with Gasteiger partial charge in [0.1, 0.15) is 6.54 Å². The Morgan fingerprint density at radius 2 is 1.50 bits per heavy atom. The number of nitrogens with zero attached hydrogens (tertiary/aromatic N) is 1. The van der Waals surface area contributed by atoms with Crippen molar-refractivity contribution in [2.24, 2.45) is 0 Å². The van der Waals surface area contributed by atoms with E-state index in [-0.39, 0.29) is 48.6 Å². The van der Waals surface area contributed by atoms with Gasteiger partial charge >= 0.3 is 29.6 Å². The average molecular weight is 288 g/mol. The molecule has 0 unspecified atom stereocenters. The van der Waals surface area contributed by atoms with Crippen molar-refractivity contribution >= 4 is 10.1 Å². The molecule has 0 saturated heterocycles. The zero-order chi connectivity index (χ0) is 11.8. The molecular weight excluding hydrogens is 269 g/mol. The third-order valence-electron chi connectivity index (χ3n) is 1.11. The van der Waals surface area contributed by atoms with Crippen LogP contribution in [0.1, 0.15) is 0 Å². The number of aliphatic hydroxyl groups is 2. The Hall–Kier alpha value is 1.08. The smallest absolute Gasteiger partial charge is 1.00 e. The first kappa shape index (κ1) is 25.8. The van der Waals surface area contributed by atoms with Gasteiger partial charge in [-0.1, -0.05) is 0 Å². The van der Waals surface area contributed by atoms with Gasteiger partial charge in [-0.2, -0.15) is 0 Å². The van der Waals surface area contributed by atoms with Crippen molar-refractivity contribution in [3.63, 3.8) is 0 Å². The summed E-state index contributed by atoms with van der Waals surface area (Å²) >= 11 is 0. The van der Waals surface area contributed by atoms with Crippen molar-refractivity contribution < 1.29 is 69.6 Å². The van der Waals surface area contributed by atoms with Gasteiger partial charge in [-0.05, 0) is 0 Å². The van der Waals surface area contributed by atoms with E-state index < -0.39 is 22.5 Å². The van der Waals surface area contributed by atoms with Crippen LogP contribution >= 0.6 is 0 Å². The molecule has 0 bridgehead atoms. The number of rotatable bonds is 4. The van der Waals surface area contributed by atoms with Gasteiger partial charge in [-0.3, -0.25) is 0 Å². The van der Waals surface area contributed by atoms with Crippen LogP contribution in [-0.4, -0.2) is 74.3 Å². The fourth-order valence-electron chi connectivity index (χ4n) is 0.412. The molecule has 0 fully saturated rings. The molecule has 0 spiro atoms. The molecule has 6 nitrogen and oxygen atoms in total. The Bertz CT molecular complexity index is 229. The Morgan fingerprint density at radius 1 is 1.12 bits per heavy atom. The van der Waals surface area contributed by atoms with E-state index in [0.29, 0.717) is 0 Å². The minimum atomic E-state index is -4.17. The molecule has 0 rings (SSSR count). The topological polar surface area (TPSA) is 97.7 Å². The molecule has 0 saturated carbocycles. The Labute approximate surface area is 126 Å². The van der Waals surface area contributed by atoms with Crippen LogP contribution in [0, 0.1) is 0 Å². The van der Waals surface area contributed by atoms with Crippen molar-refractivity contribution in [2.75, 3.05) is 46.7 Å². The second-order valence-corrected chi connectivity index (χ2v) is 5.25. The molecule has 0 aromatic carbocycles. The predicted molar refractivity (Wildman–Crippen MR) is 51.6 cm³/mol. The summed E-state index contributed by atoms with van der Waals surface area (Å²) in [5, 5.41) is 16.2. The minimum absolute atomic E-state index is 0. The average Bonchev–Trinajstić information content (AvgIpc) is 1.81. The molecular formula is C7H19ClNNaO5S. The number of aliphatic hydroxyl groups excluding tert-OH is 2. The fourth-order valence-corrected chi connectivity index (χ4v) is 0.635. The van der Waals surface area contributed by atoms with Gasteiger partial charge in [0.25, 0.3) is 0 Å². The summed E-state index contributed by atoms with van der Waals surface area (Å²) in [4.78, 5) is 0. The van der Waals surface area contributed by atoms with Gasteiger partial charge in [-0.25, -0.2) is 8.42 Å². The molecule has 0 aliphatic carbocycles. The molecule has 0 aromatic heterocycles. The van der Waals surface area contributed by atoms with Crippen molar-refractivity contribution in [3.8, 4) is 0 Å². The number of halogens is 1. The van der Waals surface area contributed by atoms with Crippen molar-refractivity contribution in [2.45, 2.75) is 0 Å². The van der Waals surface area contributed by atoms with E-state index in [2.05, 4.69) is 21.1 Å². The van der Waals surface area contributed by atoms with Crippen molar-refractivity contribution in [1.82, 2.24) is 0 Å². The molecule has 0 aromatic rings. The maximum absolute atomic E-state index is 9.52. The van der Waals surface area contributed by atoms with Crippen LogP contribution in [0.4, 0.5) is 0 Å². The Kier molecular flexibility index (Phi) is 20.2. The SMILES string of the molecule is C[N+](C)(C)CCO.O=S(=O)([O-])CCO.[Cl-].[Na+]. The van der Waals surface area contributed by atoms with Crippen LogP contribution in [0.25, 0.3) is 0 Å². The first-order valence-corrected chi connectivity index (χ1v) is 5.66. The van der Waals surface area contributed by atoms with Crippen LogP contribution in [0.3, 0.4) is 0 Å². The summed E-state index contributed by atoms with van der Waals surface area (Å²) in [7, 11) is 1.98. The van der Waals surface area contributed by atoms with Crippen molar-refractivity contribution in [3.05, 3.63) is 0 Å². The quantitative estimate of drug-likeness (QED) is 0.304. The molecule has 9 heteroatoms. The van der Waals surface area contributed by atoms with Crippen LogP contribution in [0.5, 0.6) is 0 Å². The van der Waals surface area contributed by atoms with E-state index in [4.69, 9.17) is 10.2 Å². The van der Waals surface area contributed by atoms with Crippen LogP contribution in [0.15, 0.2) is 0 Å². The van der Waals surface area contributed by atoms with E-state index in [9.17, 15) is 13.0 Å². The van der Waals surface area contributed by atoms with Crippen LogP contribution in [0.2, 0.25) is 0 Å². The van der Waals surface area contributed by atoms with E-state index in [1.165, 1.54) is 0 Å². The first-order valence-electron chi connectivity index (χ1n) is 4.08. The molecule has 0 heterocycles. The standard InChI is InChI=1S/C5H14NO.C2H6O4S.ClH.Na/c1-6(2,3)4-5-7;3-1-2-7(4,5)6;;/h7H,4-5H2,1-3H3;3H,1-2H2,(H,4,5,6);1H;/q+1;;;+1/p-2. The summed E-state index contributed by atoms with van der Waals surface area (Å²) in [5.41, 5.74) is 0. The van der Waals surface area contributed by atoms with Crippen LogP contribution < -0.4 is 42.0 Å². The predicted octanol–water partition coefficient (Wildman–Crippen LogP) is -7.78.